The van der Waals surface area contributed by atoms with Gasteiger partial charge in [-0.1, -0.05) is 27.7 Å². The van der Waals surface area contributed by atoms with Gasteiger partial charge in [-0.15, -0.1) is 0 Å². The highest BCUT2D eigenvalue weighted by molar-refractivity contribution is 7.91. The summed E-state index contributed by atoms with van der Waals surface area (Å²) in [5, 5.41) is 6.26. The van der Waals surface area contributed by atoms with Gasteiger partial charge in [0.2, 0.25) is 5.92 Å². The fourth-order valence-electron chi connectivity index (χ4n) is 4.16. The normalized spacial score (nSPS) is 19.2. The van der Waals surface area contributed by atoms with Crippen LogP contribution in [0.1, 0.15) is 62.3 Å². The molecule has 1 saturated carbocycles. The molecule has 1 aliphatic rings. The van der Waals surface area contributed by atoms with Crippen LogP contribution in [0.3, 0.4) is 0 Å². The van der Waals surface area contributed by atoms with E-state index in [1.165, 1.54) is 40.0 Å². The van der Waals surface area contributed by atoms with Crippen molar-refractivity contribution >= 4 is 21.3 Å². The van der Waals surface area contributed by atoms with Crippen LogP contribution < -0.4 is 5.32 Å². The summed E-state index contributed by atoms with van der Waals surface area (Å²) in [5.74, 6) is -4.07. The van der Waals surface area contributed by atoms with Crippen molar-refractivity contribution in [2.75, 3.05) is 11.6 Å². The molecule has 0 unspecified atom stereocenters. The average Bonchev–Trinajstić information content (AvgIpc) is 2.99. The summed E-state index contributed by atoms with van der Waals surface area (Å²) >= 11 is 0. The molecule has 3 rings (SSSR count). The molecule has 7 nitrogen and oxygen atoms in total. The number of amides is 1. The molecule has 2 N–H and O–H groups in total. The number of rotatable bonds is 5. The number of halogens is 5. The van der Waals surface area contributed by atoms with Crippen molar-refractivity contribution < 1.29 is 31.0 Å². The molecule has 2 heterocycles. The first-order chi connectivity index (χ1) is 15.2. The summed E-state index contributed by atoms with van der Waals surface area (Å²) < 4.78 is 90.1. The van der Waals surface area contributed by atoms with Crippen LogP contribution in [-0.2, 0) is 27.9 Å². The molecule has 188 valence electrons. The van der Waals surface area contributed by atoms with Crippen LogP contribution in [0.15, 0.2) is 23.4 Å². The maximum Gasteiger partial charge on any atom is 0.420 e. The maximum absolute atomic E-state index is 14.2. The Morgan fingerprint density at radius 2 is 1.85 bits per heavy atom. The molecule has 1 fully saturated rings. The van der Waals surface area contributed by atoms with Crippen molar-refractivity contribution in [3.63, 3.8) is 0 Å². The van der Waals surface area contributed by atoms with Crippen LogP contribution in [0, 0.1) is 10.2 Å². The smallest absolute Gasteiger partial charge is 0.320 e. The van der Waals surface area contributed by atoms with Crippen molar-refractivity contribution in [3.05, 3.63) is 35.3 Å². The molecule has 1 aliphatic carbocycles. The van der Waals surface area contributed by atoms with E-state index in [2.05, 4.69) is 15.4 Å². The van der Waals surface area contributed by atoms with Crippen molar-refractivity contribution in [1.82, 2.24) is 14.8 Å². The Hall–Kier alpha value is -2.57. The van der Waals surface area contributed by atoms with Gasteiger partial charge in [0.15, 0.2) is 0 Å². The standard InChI is InChI=1S/C21H26F5N5O2S/c1-18(2,3)16-14(21(24,25)26)15(31(30-16)11-19(4)9-20(22,23)10-19)17(32)29-12-6-7-28-13(8-12)34(5,27)33/h6-8,27H,9-11H2,1-5H3,(H,28,29,32)/t34-/m0/s1. The lowest BCUT2D eigenvalue weighted by Gasteiger charge is -2.44. The largest absolute Gasteiger partial charge is 0.420 e. The molecule has 1 atom stereocenters. The Balaban J connectivity index is 2.12. The lowest BCUT2D eigenvalue weighted by molar-refractivity contribution is -0.160. The summed E-state index contributed by atoms with van der Waals surface area (Å²) in [6.45, 7) is 5.74. The zero-order valence-corrected chi connectivity index (χ0v) is 20.1. The van der Waals surface area contributed by atoms with E-state index < -0.39 is 62.7 Å². The Labute approximate surface area is 194 Å². The van der Waals surface area contributed by atoms with Gasteiger partial charge < -0.3 is 5.32 Å². The number of anilines is 1. The third-order valence-electron chi connectivity index (χ3n) is 5.46. The van der Waals surface area contributed by atoms with Gasteiger partial charge in [0, 0.05) is 42.9 Å². The van der Waals surface area contributed by atoms with Crippen LogP contribution in [-0.4, -0.2) is 37.1 Å². The number of carbonyl (C=O) groups excluding carboxylic acids is 1. The molecule has 0 aliphatic heterocycles. The van der Waals surface area contributed by atoms with Crippen molar-refractivity contribution in [3.8, 4) is 0 Å². The number of carbonyl (C=O) groups is 1. The summed E-state index contributed by atoms with van der Waals surface area (Å²) in [5.41, 5.74) is -4.56. The predicted molar refractivity (Wildman–Crippen MR) is 115 cm³/mol. The second-order valence-electron chi connectivity index (χ2n) is 10.2. The molecular weight excluding hydrogens is 481 g/mol. The zero-order valence-electron chi connectivity index (χ0n) is 19.3. The lowest BCUT2D eigenvalue weighted by atomic mass is 9.67. The lowest BCUT2D eigenvalue weighted by Crippen LogP contribution is -2.47. The van der Waals surface area contributed by atoms with E-state index in [9.17, 15) is 31.0 Å². The summed E-state index contributed by atoms with van der Waals surface area (Å²) in [4.78, 5) is 17.0. The summed E-state index contributed by atoms with van der Waals surface area (Å²) in [6, 6.07) is 2.42. The van der Waals surface area contributed by atoms with E-state index in [-0.39, 0.29) is 23.0 Å². The Bertz CT molecular complexity index is 1220. The monoisotopic (exact) mass is 507 g/mol. The topological polar surface area (TPSA) is 101 Å². The summed E-state index contributed by atoms with van der Waals surface area (Å²) in [7, 11) is -3.24. The van der Waals surface area contributed by atoms with E-state index in [0.717, 1.165) is 17.0 Å². The van der Waals surface area contributed by atoms with Crippen molar-refractivity contribution in [2.45, 2.75) is 69.6 Å². The number of alkyl halides is 5. The SMILES string of the molecule is CC1(Cn2nc(C(C)(C)C)c(C(F)(F)F)c2C(=O)Nc2ccnc([S@@](C)(=N)=O)c2)CC(F)(F)C1. The first-order valence-electron chi connectivity index (χ1n) is 10.3. The molecule has 2 aromatic rings. The molecule has 0 saturated heterocycles. The average molecular weight is 508 g/mol. The number of nitrogens with one attached hydrogen (secondary N) is 2. The Morgan fingerprint density at radius 1 is 1.26 bits per heavy atom. The minimum atomic E-state index is -4.94. The van der Waals surface area contributed by atoms with E-state index in [1.807, 2.05) is 0 Å². The van der Waals surface area contributed by atoms with Crippen LogP contribution in [0.2, 0.25) is 0 Å². The van der Waals surface area contributed by atoms with Crippen molar-refractivity contribution in [1.29, 1.82) is 4.78 Å². The van der Waals surface area contributed by atoms with Crippen LogP contribution in [0.4, 0.5) is 27.6 Å². The van der Waals surface area contributed by atoms with E-state index in [1.54, 1.807) is 0 Å². The van der Waals surface area contributed by atoms with Gasteiger partial charge in [0.05, 0.1) is 15.4 Å². The molecule has 13 heteroatoms. The molecule has 0 aromatic carbocycles. The molecule has 34 heavy (non-hydrogen) atoms. The van der Waals surface area contributed by atoms with Crippen molar-refractivity contribution in [2.24, 2.45) is 5.41 Å². The Kier molecular flexibility index (Phi) is 6.12. The fourth-order valence-corrected chi connectivity index (χ4v) is 4.78. The van der Waals surface area contributed by atoms with Gasteiger partial charge in [-0.05, 0) is 17.5 Å². The molecule has 1 amide bonds. The second kappa shape index (κ2) is 7.99. The highest BCUT2D eigenvalue weighted by Crippen LogP contribution is 2.53. The number of aromatic nitrogens is 3. The van der Waals surface area contributed by atoms with Gasteiger partial charge in [-0.25, -0.2) is 22.8 Å². The highest BCUT2D eigenvalue weighted by atomic mass is 32.2. The maximum atomic E-state index is 14.2. The molecule has 2 aromatic heterocycles. The van der Waals surface area contributed by atoms with Gasteiger partial charge >= 0.3 is 6.18 Å². The fraction of sp³-hybridized carbons (Fsp3) is 0.571. The summed E-state index contributed by atoms with van der Waals surface area (Å²) in [6.07, 6.45) is -3.73. The van der Waals surface area contributed by atoms with E-state index >= 15 is 0 Å². The molecule has 0 bridgehead atoms. The number of hydrogen-bond acceptors (Lipinski definition) is 5. The number of hydrogen-bond donors (Lipinski definition) is 2. The van der Waals surface area contributed by atoms with Gasteiger partial charge in [0.1, 0.15) is 16.3 Å². The van der Waals surface area contributed by atoms with Gasteiger partial charge in [-0.3, -0.25) is 9.48 Å². The Morgan fingerprint density at radius 3 is 2.32 bits per heavy atom. The van der Waals surface area contributed by atoms with Gasteiger partial charge in [-0.2, -0.15) is 18.3 Å². The quantitative estimate of drug-likeness (QED) is 0.535. The minimum Gasteiger partial charge on any atom is -0.320 e. The first kappa shape index (κ1) is 26.0. The van der Waals surface area contributed by atoms with Crippen LogP contribution in [0.5, 0.6) is 0 Å². The number of nitrogens with zero attached hydrogens (tertiary/aromatic N) is 3. The third kappa shape index (κ3) is 5.39. The third-order valence-corrected chi connectivity index (χ3v) is 6.48. The molecule has 0 radical (unpaired) electrons. The van der Waals surface area contributed by atoms with Crippen LogP contribution >= 0.6 is 0 Å². The highest BCUT2D eigenvalue weighted by Gasteiger charge is 2.55. The minimum absolute atomic E-state index is 0.0172. The second-order valence-corrected chi connectivity index (χ2v) is 12.3. The number of pyridine rings is 1. The zero-order chi connectivity index (χ0) is 25.9. The first-order valence-corrected chi connectivity index (χ1v) is 12.3. The molecule has 0 spiro atoms. The van der Waals surface area contributed by atoms with Gasteiger partial charge in [0.25, 0.3) is 5.91 Å². The van der Waals surface area contributed by atoms with E-state index in [0.29, 0.717) is 0 Å². The van der Waals surface area contributed by atoms with E-state index in [4.69, 9.17) is 4.78 Å². The van der Waals surface area contributed by atoms with Crippen LogP contribution in [0.25, 0.3) is 0 Å². The predicted octanol–water partition coefficient (Wildman–Crippen LogP) is 5.32. The molecular formula is C21H26F5N5O2S.